The monoisotopic (exact) mass is 627 g/mol. The van der Waals surface area contributed by atoms with Crippen LogP contribution in [0.5, 0.6) is 0 Å². The standard InChI is InChI=1S/C46H33N3/c1-46(2)41-29-35(31-15-8-4-9-16-31)25-26-37(41)39-28-27-36-38(42(39)46)19-12-20-40(36)45-48-43(33-17-10-5-11-18-33)47-44(49-45)34-23-21-32(22-24-34)30-13-6-3-7-14-30/h3-29H,1-2H3. The minimum absolute atomic E-state index is 0.187. The quantitative estimate of drug-likeness (QED) is 0.191. The van der Waals surface area contributed by atoms with E-state index in [0.717, 1.165) is 27.6 Å². The van der Waals surface area contributed by atoms with Gasteiger partial charge in [0.1, 0.15) is 0 Å². The fourth-order valence-corrected chi connectivity index (χ4v) is 7.48. The van der Waals surface area contributed by atoms with Crippen molar-refractivity contribution in [2.75, 3.05) is 0 Å². The summed E-state index contributed by atoms with van der Waals surface area (Å²) in [5.74, 6) is 1.98. The molecule has 3 heteroatoms. The molecule has 0 N–H and O–H groups in total. The molecule has 0 saturated carbocycles. The Bertz CT molecular complexity index is 2480. The number of nitrogens with zero attached hydrogens (tertiary/aromatic N) is 3. The number of benzene rings is 7. The summed E-state index contributed by atoms with van der Waals surface area (Å²) in [4.78, 5) is 15.3. The van der Waals surface area contributed by atoms with Crippen molar-refractivity contribution in [2.45, 2.75) is 19.3 Å². The van der Waals surface area contributed by atoms with E-state index in [1.807, 2.05) is 24.3 Å². The molecular formula is C46H33N3. The van der Waals surface area contributed by atoms with E-state index in [1.54, 1.807) is 0 Å². The molecule has 1 aliphatic rings. The molecule has 8 aromatic rings. The van der Waals surface area contributed by atoms with Gasteiger partial charge in [-0.25, -0.2) is 15.0 Å². The van der Waals surface area contributed by atoms with Crippen molar-refractivity contribution in [1.29, 1.82) is 0 Å². The molecule has 0 saturated heterocycles. The lowest BCUT2D eigenvalue weighted by Crippen LogP contribution is -2.15. The molecule has 0 bridgehead atoms. The lowest BCUT2D eigenvalue weighted by molar-refractivity contribution is 0.666. The third-order valence-electron chi connectivity index (χ3n) is 9.94. The van der Waals surface area contributed by atoms with Crippen molar-refractivity contribution < 1.29 is 0 Å². The largest absolute Gasteiger partial charge is 0.208 e. The molecule has 0 unspecified atom stereocenters. The lowest BCUT2D eigenvalue weighted by Gasteiger charge is -2.24. The number of hydrogen-bond acceptors (Lipinski definition) is 3. The zero-order valence-corrected chi connectivity index (χ0v) is 27.4. The van der Waals surface area contributed by atoms with E-state index in [0.29, 0.717) is 17.5 Å². The number of aromatic nitrogens is 3. The van der Waals surface area contributed by atoms with Crippen LogP contribution in [0.2, 0.25) is 0 Å². The lowest BCUT2D eigenvalue weighted by atomic mass is 9.79. The highest BCUT2D eigenvalue weighted by molar-refractivity contribution is 6.03. The summed E-state index contributed by atoms with van der Waals surface area (Å²) < 4.78 is 0. The van der Waals surface area contributed by atoms with E-state index in [9.17, 15) is 0 Å². The van der Waals surface area contributed by atoms with Crippen molar-refractivity contribution in [1.82, 2.24) is 15.0 Å². The molecule has 0 atom stereocenters. The molecule has 0 radical (unpaired) electrons. The Morgan fingerprint density at radius 3 is 1.49 bits per heavy atom. The van der Waals surface area contributed by atoms with Gasteiger partial charge in [0.15, 0.2) is 17.5 Å². The van der Waals surface area contributed by atoms with E-state index < -0.39 is 0 Å². The van der Waals surface area contributed by atoms with E-state index in [-0.39, 0.29) is 5.41 Å². The highest BCUT2D eigenvalue weighted by Crippen LogP contribution is 2.52. The SMILES string of the molecule is CC1(C)c2cc(-c3ccccc3)ccc2-c2ccc3c(-c4nc(-c5ccccc5)nc(-c5ccc(-c6ccccc6)cc5)n4)cccc3c21. The van der Waals surface area contributed by atoms with Gasteiger partial charge in [-0.1, -0.05) is 172 Å². The summed E-state index contributed by atoms with van der Waals surface area (Å²) in [5, 5.41) is 2.37. The third-order valence-corrected chi connectivity index (χ3v) is 9.94. The Morgan fingerprint density at radius 2 is 0.837 bits per heavy atom. The second kappa shape index (κ2) is 11.5. The molecular weight excluding hydrogens is 595 g/mol. The topological polar surface area (TPSA) is 38.7 Å². The van der Waals surface area contributed by atoms with Gasteiger partial charge in [0.25, 0.3) is 0 Å². The van der Waals surface area contributed by atoms with Crippen LogP contribution in [0.25, 0.3) is 78.3 Å². The maximum atomic E-state index is 5.14. The fourth-order valence-electron chi connectivity index (χ4n) is 7.48. The molecule has 9 rings (SSSR count). The molecule has 232 valence electrons. The first-order valence-corrected chi connectivity index (χ1v) is 16.8. The van der Waals surface area contributed by atoms with Crippen LogP contribution in [-0.2, 0) is 5.41 Å². The van der Waals surface area contributed by atoms with Gasteiger partial charge < -0.3 is 0 Å². The molecule has 1 aliphatic carbocycles. The van der Waals surface area contributed by atoms with Crippen molar-refractivity contribution in [2.24, 2.45) is 0 Å². The van der Waals surface area contributed by atoms with Gasteiger partial charge in [0.05, 0.1) is 0 Å². The summed E-state index contributed by atoms with van der Waals surface area (Å²) in [6, 6.07) is 57.8. The first-order valence-electron chi connectivity index (χ1n) is 16.8. The second-order valence-corrected chi connectivity index (χ2v) is 13.3. The number of hydrogen-bond donors (Lipinski definition) is 0. The summed E-state index contributed by atoms with van der Waals surface area (Å²) in [6.45, 7) is 4.71. The average molecular weight is 628 g/mol. The highest BCUT2D eigenvalue weighted by atomic mass is 15.0. The predicted molar refractivity (Wildman–Crippen MR) is 202 cm³/mol. The van der Waals surface area contributed by atoms with Crippen LogP contribution in [0.4, 0.5) is 0 Å². The maximum absolute atomic E-state index is 5.14. The van der Waals surface area contributed by atoms with Gasteiger partial charge >= 0.3 is 0 Å². The van der Waals surface area contributed by atoms with Gasteiger partial charge in [0.2, 0.25) is 0 Å². The third kappa shape index (κ3) is 4.94. The van der Waals surface area contributed by atoms with Crippen molar-refractivity contribution in [3.63, 3.8) is 0 Å². The Kier molecular flexibility index (Phi) is 6.80. The van der Waals surface area contributed by atoms with Crippen LogP contribution in [0.15, 0.2) is 164 Å². The molecule has 1 heterocycles. The Balaban J connectivity index is 1.19. The number of fused-ring (bicyclic) bond motifs is 5. The molecule has 3 nitrogen and oxygen atoms in total. The van der Waals surface area contributed by atoms with E-state index in [1.165, 1.54) is 44.3 Å². The normalized spacial score (nSPS) is 12.9. The minimum Gasteiger partial charge on any atom is -0.208 e. The van der Waals surface area contributed by atoms with Gasteiger partial charge in [-0.3, -0.25) is 0 Å². The van der Waals surface area contributed by atoms with Gasteiger partial charge in [0, 0.05) is 22.1 Å². The molecule has 49 heavy (non-hydrogen) atoms. The van der Waals surface area contributed by atoms with E-state index >= 15 is 0 Å². The maximum Gasteiger partial charge on any atom is 0.164 e. The van der Waals surface area contributed by atoms with Crippen molar-refractivity contribution in [3.05, 3.63) is 175 Å². The first kappa shape index (κ1) is 29.0. The fraction of sp³-hybridized carbons (Fsp3) is 0.0652. The highest BCUT2D eigenvalue weighted by Gasteiger charge is 2.37. The summed E-state index contributed by atoms with van der Waals surface area (Å²) >= 11 is 0. The smallest absolute Gasteiger partial charge is 0.164 e. The summed E-state index contributed by atoms with van der Waals surface area (Å²) in [7, 11) is 0. The van der Waals surface area contributed by atoms with Crippen LogP contribution in [0, 0.1) is 0 Å². The summed E-state index contributed by atoms with van der Waals surface area (Å²) in [5.41, 5.74) is 12.8. The molecule has 0 aliphatic heterocycles. The zero-order valence-electron chi connectivity index (χ0n) is 27.4. The van der Waals surface area contributed by atoms with Crippen LogP contribution < -0.4 is 0 Å². The Hall–Kier alpha value is -6.19. The molecule has 7 aromatic carbocycles. The van der Waals surface area contributed by atoms with Crippen molar-refractivity contribution in [3.8, 4) is 67.5 Å². The van der Waals surface area contributed by atoms with Crippen LogP contribution in [0.1, 0.15) is 25.0 Å². The van der Waals surface area contributed by atoms with Crippen LogP contribution in [0.3, 0.4) is 0 Å². The summed E-state index contributed by atoms with van der Waals surface area (Å²) in [6.07, 6.45) is 0. The Morgan fingerprint density at radius 1 is 0.347 bits per heavy atom. The van der Waals surface area contributed by atoms with Crippen LogP contribution >= 0.6 is 0 Å². The number of rotatable bonds is 5. The van der Waals surface area contributed by atoms with Gasteiger partial charge in [-0.2, -0.15) is 0 Å². The molecule has 1 aromatic heterocycles. The predicted octanol–water partition coefficient (Wildman–Crippen LogP) is 11.7. The first-order chi connectivity index (χ1) is 24.0. The van der Waals surface area contributed by atoms with Crippen molar-refractivity contribution >= 4 is 10.8 Å². The molecule has 0 amide bonds. The Labute approximate surface area is 286 Å². The van der Waals surface area contributed by atoms with E-state index in [4.69, 9.17) is 15.0 Å². The van der Waals surface area contributed by atoms with Gasteiger partial charge in [-0.15, -0.1) is 0 Å². The van der Waals surface area contributed by atoms with E-state index in [2.05, 4.69) is 153 Å². The zero-order chi connectivity index (χ0) is 33.0. The average Bonchev–Trinajstić information content (AvgIpc) is 3.41. The molecule has 0 spiro atoms. The van der Waals surface area contributed by atoms with Gasteiger partial charge in [-0.05, 0) is 61.3 Å². The van der Waals surface area contributed by atoms with Crippen LogP contribution in [-0.4, -0.2) is 15.0 Å². The molecule has 0 fully saturated rings. The minimum atomic E-state index is -0.187. The second-order valence-electron chi connectivity index (χ2n) is 13.3.